The molecule has 0 unspecified atom stereocenters. The van der Waals surface area contributed by atoms with E-state index in [0.29, 0.717) is 5.15 Å². The van der Waals surface area contributed by atoms with Gasteiger partial charge in [-0.25, -0.2) is 4.98 Å². The highest BCUT2D eigenvalue weighted by Gasteiger charge is 2.38. The molecule has 0 atom stereocenters. The second-order valence-corrected chi connectivity index (χ2v) is 5.24. The molecule has 3 rings (SSSR count). The Bertz CT molecular complexity index is 586. The van der Waals surface area contributed by atoms with Crippen molar-refractivity contribution >= 4 is 17.2 Å². The summed E-state index contributed by atoms with van der Waals surface area (Å²) in [5, 5.41) is 8.84. The van der Waals surface area contributed by atoms with Crippen molar-refractivity contribution in [1.82, 2.24) is 19.6 Å². The number of rotatable bonds is 3. The van der Waals surface area contributed by atoms with Gasteiger partial charge in [0.1, 0.15) is 16.8 Å². The fourth-order valence-electron chi connectivity index (χ4n) is 2.55. The molecule has 2 aromatic heterocycles. The number of fused-ring (bicyclic) bond motifs is 1. The number of ether oxygens (including phenoxy) is 1. The first-order chi connectivity index (χ1) is 8.63. The van der Waals surface area contributed by atoms with Gasteiger partial charge in [-0.1, -0.05) is 11.6 Å². The summed E-state index contributed by atoms with van der Waals surface area (Å²) in [4.78, 5) is 4.24. The van der Waals surface area contributed by atoms with Crippen LogP contribution in [0.3, 0.4) is 0 Å². The van der Waals surface area contributed by atoms with Crippen LogP contribution in [0.15, 0.2) is 6.07 Å². The zero-order valence-corrected chi connectivity index (χ0v) is 11.2. The van der Waals surface area contributed by atoms with E-state index in [4.69, 9.17) is 16.3 Å². The predicted molar refractivity (Wildman–Crippen MR) is 67.8 cm³/mol. The number of methoxy groups -OCH3 is 1. The van der Waals surface area contributed by atoms with Crippen molar-refractivity contribution in [3.8, 4) is 0 Å². The molecule has 2 heterocycles. The minimum absolute atomic E-state index is 0.0605. The van der Waals surface area contributed by atoms with Gasteiger partial charge in [-0.15, -0.1) is 10.2 Å². The molecule has 2 aromatic rings. The summed E-state index contributed by atoms with van der Waals surface area (Å²) < 4.78 is 7.58. The third-order valence-corrected chi connectivity index (χ3v) is 3.97. The molecule has 6 heteroatoms. The lowest BCUT2D eigenvalue weighted by molar-refractivity contribution is -0.0722. The highest BCUT2D eigenvalue weighted by molar-refractivity contribution is 6.29. The Hall–Kier alpha value is -1.20. The van der Waals surface area contributed by atoms with E-state index in [0.717, 1.165) is 36.6 Å². The van der Waals surface area contributed by atoms with E-state index in [-0.39, 0.29) is 5.60 Å². The highest BCUT2D eigenvalue weighted by atomic mass is 35.5. The first kappa shape index (κ1) is 11.9. The average Bonchev–Trinajstić information content (AvgIpc) is 2.66. The van der Waals surface area contributed by atoms with Gasteiger partial charge in [-0.05, 0) is 26.2 Å². The second-order valence-electron chi connectivity index (χ2n) is 4.85. The largest absolute Gasteiger partial charge is 0.378 e. The zero-order valence-electron chi connectivity index (χ0n) is 10.5. The van der Waals surface area contributed by atoms with Gasteiger partial charge in [0.25, 0.3) is 0 Å². The summed E-state index contributed by atoms with van der Waals surface area (Å²) in [5.41, 5.74) is 0.683. The number of aryl methyl sites for hydroxylation is 1. The fraction of sp³-hybridized carbons (Fsp3) is 0.583. The molecule has 0 saturated heterocycles. The number of halogens is 1. The lowest BCUT2D eigenvalue weighted by atomic mass is 9.77. The number of hydrogen-bond acceptors (Lipinski definition) is 4. The molecule has 0 N–H and O–H groups in total. The van der Waals surface area contributed by atoms with Crippen LogP contribution in [0.4, 0.5) is 0 Å². The maximum atomic E-state index is 5.92. The molecule has 18 heavy (non-hydrogen) atoms. The fourth-order valence-corrected chi connectivity index (χ4v) is 2.77. The zero-order chi connectivity index (χ0) is 12.8. The molecule has 1 fully saturated rings. The van der Waals surface area contributed by atoms with Crippen molar-refractivity contribution in [1.29, 1.82) is 0 Å². The van der Waals surface area contributed by atoms with Crippen LogP contribution in [0, 0.1) is 6.92 Å². The Morgan fingerprint density at radius 1 is 1.44 bits per heavy atom. The summed E-state index contributed by atoms with van der Waals surface area (Å²) in [6, 6.07) is 1.73. The van der Waals surface area contributed by atoms with E-state index in [9.17, 15) is 0 Å². The maximum absolute atomic E-state index is 5.92. The van der Waals surface area contributed by atoms with Gasteiger partial charge in [0.15, 0.2) is 5.65 Å². The Labute approximate surface area is 110 Å². The molecule has 1 aliphatic carbocycles. The van der Waals surface area contributed by atoms with Crippen LogP contribution in [0.1, 0.15) is 30.9 Å². The number of aromatic nitrogens is 4. The maximum Gasteiger partial charge on any atom is 0.165 e. The van der Waals surface area contributed by atoms with Gasteiger partial charge in [-0.3, -0.25) is 4.40 Å². The normalized spacial score (nSPS) is 17.9. The second kappa shape index (κ2) is 4.17. The molecule has 0 spiro atoms. The first-order valence-electron chi connectivity index (χ1n) is 6.06. The highest BCUT2D eigenvalue weighted by Crippen LogP contribution is 2.37. The van der Waals surface area contributed by atoms with Crippen molar-refractivity contribution in [3.63, 3.8) is 0 Å². The summed E-state index contributed by atoms with van der Waals surface area (Å²) in [6.07, 6.45) is 4.15. The van der Waals surface area contributed by atoms with E-state index in [1.807, 2.05) is 11.3 Å². The Morgan fingerprint density at radius 2 is 2.22 bits per heavy atom. The smallest absolute Gasteiger partial charge is 0.165 e. The molecule has 5 nitrogen and oxygen atoms in total. The molecule has 0 amide bonds. The topological polar surface area (TPSA) is 52.3 Å². The third kappa shape index (κ3) is 1.78. The van der Waals surface area contributed by atoms with Crippen molar-refractivity contribution in [2.24, 2.45) is 0 Å². The Morgan fingerprint density at radius 3 is 2.83 bits per heavy atom. The van der Waals surface area contributed by atoms with Crippen molar-refractivity contribution in [2.75, 3.05) is 7.11 Å². The lowest BCUT2D eigenvalue weighted by Gasteiger charge is -2.40. The summed E-state index contributed by atoms with van der Waals surface area (Å²) in [6.45, 7) is 1.91. The van der Waals surface area contributed by atoms with Gasteiger partial charge in [-0.2, -0.15) is 0 Å². The van der Waals surface area contributed by atoms with Crippen molar-refractivity contribution in [2.45, 2.75) is 38.2 Å². The van der Waals surface area contributed by atoms with Crippen LogP contribution in [0.2, 0.25) is 5.15 Å². The Balaban J connectivity index is 2.02. The summed E-state index contributed by atoms with van der Waals surface area (Å²) >= 11 is 5.92. The minimum atomic E-state index is -0.0605. The van der Waals surface area contributed by atoms with E-state index < -0.39 is 0 Å². The van der Waals surface area contributed by atoms with Crippen LogP contribution in [0.25, 0.3) is 5.65 Å². The van der Waals surface area contributed by atoms with E-state index in [1.54, 1.807) is 13.2 Å². The van der Waals surface area contributed by atoms with Crippen LogP contribution in [0.5, 0.6) is 0 Å². The van der Waals surface area contributed by atoms with E-state index in [2.05, 4.69) is 15.2 Å². The molecular weight excluding hydrogens is 252 g/mol. The van der Waals surface area contributed by atoms with Crippen molar-refractivity contribution in [3.05, 3.63) is 22.9 Å². The molecule has 0 bridgehead atoms. The quantitative estimate of drug-likeness (QED) is 0.799. The van der Waals surface area contributed by atoms with Crippen LogP contribution in [-0.4, -0.2) is 32.3 Å². The van der Waals surface area contributed by atoms with Crippen LogP contribution in [-0.2, 0) is 11.2 Å². The molecule has 0 radical (unpaired) electrons. The first-order valence-corrected chi connectivity index (χ1v) is 6.44. The average molecular weight is 267 g/mol. The summed E-state index contributed by atoms with van der Waals surface area (Å²) in [5.74, 6) is 1.70. The predicted octanol–water partition coefficient (Wildman–Crippen LogP) is 2.20. The van der Waals surface area contributed by atoms with Gasteiger partial charge in [0.2, 0.25) is 0 Å². The molecule has 1 aliphatic rings. The monoisotopic (exact) mass is 266 g/mol. The minimum Gasteiger partial charge on any atom is -0.378 e. The molecule has 0 aliphatic heterocycles. The standard InChI is InChI=1S/C12H15ClN4O/c1-8-14-9(13)6-10-15-16-11(17(8)10)7-12(18-2)4-3-5-12/h6H,3-5,7H2,1-2H3. The van der Waals surface area contributed by atoms with Crippen molar-refractivity contribution < 1.29 is 4.74 Å². The molecule has 1 saturated carbocycles. The van der Waals surface area contributed by atoms with E-state index in [1.165, 1.54) is 6.42 Å². The number of hydrogen-bond donors (Lipinski definition) is 0. The SMILES string of the molecule is COC1(Cc2nnc3cc(Cl)nc(C)n23)CCC1. The van der Waals surface area contributed by atoms with E-state index >= 15 is 0 Å². The summed E-state index contributed by atoms with van der Waals surface area (Å²) in [7, 11) is 1.77. The van der Waals surface area contributed by atoms with Crippen LogP contribution >= 0.6 is 11.6 Å². The molecular formula is C12H15ClN4O. The molecule has 0 aromatic carbocycles. The Kier molecular flexibility index (Phi) is 2.75. The van der Waals surface area contributed by atoms with Gasteiger partial charge in [0.05, 0.1) is 5.60 Å². The molecule has 96 valence electrons. The van der Waals surface area contributed by atoms with Gasteiger partial charge in [0, 0.05) is 19.6 Å². The van der Waals surface area contributed by atoms with Gasteiger partial charge < -0.3 is 4.74 Å². The van der Waals surface area contributed by atoms with Crippen LogP contribution < -0.4 is 0 Å². The third-order valence-electron chi connectivity index (χ3n) is 3.77. The lowest BCUT2D eigenvalue weighted by Crippen LogP contribution is -2.41. The van der Waals surface area contributed by atoms with Gasteiger partial charge >= 0.3 is 0 Å². The number of nitrogens with zero attached hydrogens (tertiary/aromatic N) is 4.